The molecule has 1 aromatic carbocycles. The van der Waals surface area contributed by atoms with Crippen LogP contribution in [-0.4, -0.2) is 16.1 Å². The number of benzene rings is 1. The van der Waals surface area contributed by atoms with E-state index in [1.165, 1.54) is 0 Å². The Kier molecular flexibility index (Phi) is 3.53. The van der Waals surface area contributed by atoms with Gasteiger partial charge in [-0.3, -0.25) is 4.98 Å². The van der Waals surface area contributed by atoms with Gasteiger partial charge in [0.15, 0.2) is 0 Å². The van der Waals surface area contributed by atoms with E-state index in [0.717, 1.165) is 5.56 Å². The van der Waals surface area contributed by atoms with Gasteiger partial charge >= 0.3 is 5.97 Å². The largest absolute Gasteiger partial charge is 0.478 e. The second kappa shape index (κ2) is 5.27. The van der Waals surface area contributed by atoms with Crippen molar-refractivity contribution >= 4 is 17.6 Å². The number of carboxylic acid groups (broad SMARTS) is 1. The van der Waals surface area contributed by atoms with Crippen LogP contribution >= 0.6 is 0 Å². The lowest BCUT2D eigenvalue weighted by Gasteiger charge is -2.02. The van der Waals surface area contributed by atoms with Crippen LogP contribution in [-0.2, 0) is 4.79 Å². The molecule has 18 heavy (non-hydrogen) atoms. The summed E-state index contributed by atoms with van der Waals surface area (Å²) < 4.78 is 0. The third-order valence-corrected chi connectivity index (χ3v) is 2.54. The lowest BCUT2D eigenvalue weighted by atomic mass is 10.0. The zero-order chi connectivity index (χ0) is 13.0. The lowest BCUT2D eigenvalue weighted by molar-refractivity contribution is -0.130. The van der Waals surface area contributed by atoms with E-state index in [-0.39, 0.29) is 5.57 Å². The molecule has 0 saturated carbocycles. The minimum absolute atomic E-state index is 0.243. The molecular formula is C15H13NO2. The molecule has 0 radical (unpaired) electrons. The molecule has 0 fully saturated rings. The van der Waals surface area contributed by atoms with Gasteiger partial charge in [0.05, 0.1) is 11.3 Å². The fraction of sp³-hybridized carbons (Fsp3) is 0.0667. The minimum Gasteiger partial charge on any atom is -0.478 e. The Labute approximate surface area is 105 Å². The highest BCUT2D eigenvalue weighted by Crippen LogP contribution is 2.17. The Hall–Kier alpha value is -2.42. The van der Waals surface area contributed by atoms with Crippen LogP contribution in [0, 0.1) is 6.92 Å². The van der Waals surface area contributed by atoms with Crippen molar-refractivity contribution < 1.29 is 9.90 Å². The first kappa shape index (κ1) is 12.0. The van der Waals surface area contributed by atoms with Gasteiger partial charge < -0.3 is 5.11 Å². The van der Waals surface area contributed by atoms with Crippen LogP contribution in [0.2, 0.25) is 0 Å². The summed E-state index contributed by atoms with van der Waals surface area (Å²) in [6.45, 7) is 1.94. The van der Waals surface area contributed by atoms with E-state index in [1.807, 2.05) is 31.2 Å². The van der Waals surface area contributed by atoms with E-state index in [1.54, 1.807) is 30.5 Å². The summed E-state index contributed by atoms with van der Waals surface area (Å²) in [6, 6.07) is 12.7. The maximum Gasteiger partial charge on any atom is 0.336 e. The number of hydrogen-bond donors (Lipinski definition) is 1. The van der Waals surface area contributed by atoms with Gasteiger partial charge in [0.2, 0.25) is 0 Å². The van der Waals surface area contributed by atoms with Gasteiger partial charge in [-0.15, -0.1) is 0 Å². The topological polar surface area (TPSA) is 50.2 Å². The summed E-state index contributed by atoms with van der Waals surface area (Å²) in [5.41, 5.74) is 2.60. The van der Waals surface area contributed by atoms with Gasteiger partial charge in [0, 0.05) is 6.20 Å². The first-order valence-corrected chi connectivity index (χ1v) is 5.60. The van der Waals surface area contributed by atoms with Crippen LogP contribution in [0.15, 0.2) is 48.7 Å². The lowest BCUT2D eigenvalue weighted by Crippen LogP contribution is -1.99. The number of aromatic nitrogens is 1. The van der Waals surface area contributed by atoms with E-state index in [9.17, 15) is 9.90 Å². The molecule has 0 saturated heterocycles. The average molecular weight is 239 g/mol. The van der Waals surface area contributed by atoms with Crippen molar-refractivity contribution in [2.24, 2.45) is 0 Å². The van der Waals surface area contributed by atoms with Crippen molar-refractivity contribution in [3.63, 3.8) is 0 Å². The van der Waals surface area contributed by atoms with Gasteiger partial charge in [0.25, 0.3) is 0 Å². The molecule has 1 heterocycles. The second-order valence-electron chi connectivity index (χ2n) is 3.99. The van der Waals surface area contributed by atoms with Crippen LogP contribution in [0.3, 0.4) is 0 Å². The van der Waals surface area contributed by atoms with Gasteiger partial charge in [-0.2, -0.15) is 0 Å². The van der Waals surface area contributed by atoms with Gasteiger partial charge in [-0.1, -0.05) is 36.4 Å². The van der Waals surface area contributed by atoms with Crippen molar-refractivity contribution in [2.45, 2.75) is 6.92 Å². The van der Waals surface area contributed by atoms with Gasteiger partial charge in [-0.05, 0) is 30.2 Å². The summed E-state index contributed by atoms with van der Waals surface area (Å²) >= 11 is 0. The quantitative estimate of drug-likeness (QED) is 0.837. The number of nitrogens with zero attached hydrogens (tertiary/aromatic N) is 1. The Morgan fingerprint density at radius 2 is 1.89 bits per heavy atom. The van der Waals surface area contributed by atoms with Gasteiger partial charge in [0.1, 0.15) is 0 Å². The van der Waals surface area contributed by atoms with Crippen molar-refractivity contribution in [1.82, 2.24) is 4.98 Å². The van der Waals surface area contributed by atoms with E-state index < -0.39 is 5.97 Å². The Morgan fingerprint density at radius 1 is 1.17 bits per heavy atom. The number of rotatable bonds is 3. The first-order valence-electron chi connectivity index (χ1n) is 5.60. The average Bonchev–Trinajstić information content (AvgIpc) is 2.38. The molecule has 3 nitrogen and oxygen atoms in total. The summed E-state index contributed by atoms with van der Waals surface area (Å²) in [5.74, 6) is -0.955. The molecule has 0 amide bonds. The molecule has 3 heteroatoms. The molecule has 1 N–H and O–H groups in total. The summed E-state index contributed by atoms with van der Waals surface area (Å²) in [6.07, 6.45) is 3.30. The molecule has 0 aliphatic carbocycles. The highest BCUT2D eigenvalue weighted by atomic mass is 16.4. The maximum atomic E-state index is 11.3. The zero-order valence-electron chi connectivity index (χ0n) is 10.00. The van der Waals surface area contributed by atoms with Gasteiger partial charge in [-0.25, -0.2) is 4.79 Å². The Bertz CT molecular complexity index is 571. The normalized spacial score (nSPS) is 11.3. The van der Waals surface area contributed by atoms with E-state index in [0.29, 0.717) is 11.3 Å². The molecule has 2 aromatic rings. The molecule has 0 spiro atoms. The summed E-state index contributed by atoms with van der Waals surface area (Å²) in [5, 5.41) is 9.25. The highest BCUT2D eigenvalue weighted by molar-refractivity contribution is 6.20. The predicted octanol–water partition coefficient (Wildman–Crippen LogP) is 3.02. The number of pyridine rings is 1. The molecule has 0 aliphatic rings. The summed E-state index contributed by atoms with van der Waals surface area (Å²) in [7, 11) is 0. The van der Waals surface area contributed by atoms with Crippen LogP contribution in [0.4, 0.5) is 0 Å². The number of carboxylic acids is 1. The summed E-state index contributed by atoms with van der Waals surface area (Å²) in [4.78, 5) is 15.5. The number of carbonyl (C=O) groups is 1. The maximum absolute atomic E-state index is 11.3. The molecule has 0 aliphatic heterocycles. The zero-order valence-corrected chi connectivity index (χ0v) is 10.00. The monoisotopic (exact) mass is 239 g/mol. The molecule has 0 unspecified atom stereocenters. The molecule has 0 bridgehead atoms. The van der Waals surface area contributed by atoms with E-state index >= 15 is 0 Å². The molecule has 0 atom stereocenters. The predicted molar refractivity (Wildman–Crippen MR) is 70.9 cm³/mol. The minimum atomic E-state index is -0.955. The SMILES string of the molecule is Cc1ccc(/C=C(/C(=O)O)c2ccccc2)nc1. The molecule has 90 valence electrons. The molecule has 2 rings (SSSR count). The van der Waals surface area contributed by atoms with Crippen LogP contribution in [0.1, 0.15) is 16.8 Å². The van der Waals surface area contributed by atoms with Crippen LogP contribution < -0.4 is 0 Å². The fourth-order valence-electron chi connectivity index (χ4n) is 1.60. The third kappa shape index (κ3) is 2.83. The second-order valence-corrected chi connectivity index (χ2v) is 3.99. The number of aliphatic carboxylic acids is 1. The highest BCUT2D eigenvalue weighted by Gasteiger charge is 2.09. The third-order valence-electron chi connectivity index (χ3n) is 2.54. The van der Waals surface area contributed by atoms with Crippen LogP contribution in [0.5, 0.6) is 0 Å². The number of aryl methyl sites for hydroxylation is 1. The van der Waals surface area contributed by atoms with Crippen molar-refractivity contribution in [2.75, 3.05) is 0 Å². The van der Waals surface area contributed by atoms with Crippen molar-refractivity contribution in [3.8, 4) is 0 Å². The smallest absolute Gasteiger partial charge is 0.336 e. The van der Waals surface area contributed by atoms with Crippen molar-refractivity contribution in [1.29, 1.82) is 0 Å². The van der Waals surface area contributed by atoms with Crippen molar-refractivity contribution in [3.05, 3.63) is 65.5 Å². The Balaban J connectivity index is 2.43. The van der Waals surface area contributed by atoms with E-state index in [2.05, 4.69) is 4.98 Å². The number of hydrogen-bond acceptors (Lipinski definition) is 2. The Morgan fingerprint density at radius 3 is 2.44 bits per heavy atom. The molecular weight excluding hydrogens is 226 g/mol. The molecule has 1 aromatic heterocycles. The fourth-order valence-corrected chi connectivity index (χ4v) is 1.60. The first-order chi connectivity index (χ1) is 8.66. The van der Waals surface area contributed by atoms with Crippen LogP contribution in [0.25, 0.3) is 11.6 Å². The van der Waals surface area contributed by atoms with E-state index in [4.69, 9.17) is 0 Å². The standard InChI is InChI=1S/C15H13NO2/c1-11-7-8-13(16-10-11)9-14(15(17)18)12-5-3-2-4-6-12/h2-10H,1H3,(H,17,18)/b14-9+.